The van der Waals surface area contributed by atoms with Gasteiger partial charge >= 0.3 is 0 Å². The fraction of sp³-hybridized carbons (Fsp3) is 0.889. The Morgan fingerprint density at radius 3 is 3.00 bits per heavy atom. The SMILES string of the molecule is COC[C@H]1CCN(C(=O)[C@@H](C)N)C1. The van der Waals surface area contributed by atoms with Crippen LogP contribution in [0.3, 0.4) is 0 Å². The smallest absolute Gasteiger partial charge is 0.239 e. The molecule has 0 aliphatic carbocycles. The van der Waals surface area contributed by atoms with Gasteiger partial charge in [-0.15, -0.1) is 0 Å². The summed E-state index contributed by atoms with van der Waals surface area (Å²) in [7, 11) is 1.69. The molecular formula is C9H18N2O2. The first kappa shape index (κ1) is 10.5. The standard InChI is InChI=1S/C9H18N2O2/c1-7(10)9(12)11-4-3-8(5-11)6-13-2/h7-8H,3-6,10H2,1-2H3/t7-,8+/m1/s1. The number of methoxy groups -OCH3 is 1. The van der Waals surface area contributed by atoms with E-state index in [9.17, 15) is 4.79 Å². The Labute approximate surface area is 79.0 Å². The van der Waals surface area contributed by atoms with E-state index in [2.05, 4.69) is 0 Å². The Morgan fingerprint density at radius 1 is 1.77 bits per heavy atom. The number of hydrogen-bond acceptors (Lipinski definition) is 3. The molecule has 4 nitrogen and oxygen atoms in total. The molecule has 0 saturated carbocycles. The molecule has 0 aromatic heterocycles. The molecule has 1 saturated heterocycles. The van der Waals surface area contributed by atoms with Crippen molar-refractivity contribution in [3.63, 3.8) is 0 Å². The van der Waals surface area contributed by atoms with Crippen molar-refractivity contribution >= 4 is 5.91 Å². The summed E-state index contributed by atoms with van der Waals surface area (Å²) >= 11 is 0. The normalized spacial score (nSPS) is 24.8. The van der Waals surface area contributed by atoms with E-state index >= 15 is 0 Å². The topological polar surface area (TPSA) is 55.6 Å². The molecule has 1 rings (SSSR count). The number of rotatable bonds is 3. The molecule has 13 heavy (non-hydrogen) atoms. The highest BCUT2D eigenvalue weighted by molar-refractivity contribution is 5.81. The minimum atomic E-state index is -0.374. The number of carbonyl (C=O) groups excluding carboxylic acids is 1. The number of nitrogens with two attached hydrogens (primary N) is 1. The largest absolute Gasteiger partial charge is 0.384 e. The van der Waals surface area contributed by atoms with Crippen LogP contribution in [0.5, 0.6) is 0 Å². The minimum absolute atomic E-state index is 0.0543. The van der Waals surface area contributed by atoms with Crippen molar-refractivity contribution in [2.24, 2.45) is 11.7 Å². The third-order valence-electron chi connectivity index (χ3n) is 2.39. The van der Waals surface area contributed by atoms with E-state index in [-0.39, 0.29) is 11.9 Å². The second-order valence-electron chi connectivity index (χ2n) is 3.68. The lowest BCUT2D eigenvalue weighted by Gasteiger charge is -2.18. The Morgan fingerprint density at radius 2 is 2.46 bits per heavy atom. The number of nitrogens with zero attached hydrogens (tertiary/aromatic N) is 1. The summed E-state index contributed by atoms with van der Waals surface area (Å²) in [5, 5.41) is 0. The summed E-state index contributed by atoms with van der Waals surface area (Å²) in [4.78, 5) is 13.3. The van der Waals surface area contributed by atoms with E-state index in [4.69, 9.17) is 10.5 Å². The second kappa shape index (κ2) is 4.58. The first-order valence-electron chi connectivity index (χ1n) is 4.68. The van der Waals surface area contributed by atoms with Gasteiger partial charge < -0.3 is 15.4 Å². The summed E-state index contributed by atoms with van der Waals surface area (Å²) in [6, 6.07) is -0.374. The third-order valence-corrected chi connectivity index (χ3v) is 2.39. The van der Waals surface area contributed by atoms with Crippen LogP contribution in [0.4, 0.5) is 0 Å². The van der Waals surface area contributed by atoms with Crippen LogP contribution in [0.1, 0.15) is 13.3 Å². The molecule has 0 aromatic rings. The molecule has 0 radical (unpaired) electrons. The van der Waals surface area contributed by atoms with Crippen LogP contribution in [0.25, 0.3) is 0 Å². The zero-order valence-electron chi connectivity index (χ0n) is 8.32. The van der Waals surface area contributed by atoms with Gasteiger partial charge in [-0.25, -0.2) is 0 Å². The van der Waals surface area contributed by atoms with Crippen LogP contribution in [0.15, 0.2) is 0 Å². The third kappa shape index (κ3) is 2.67. The average molecular weight is 186 g/mol. The molecule has 4 heteroatoms. The number of ether oxygens (including phenoxy) is 1. The Bertz CT molecular complexity index is 182. The molecule has 1 aliphatic heterocycles. The van der Waals surface area contributed by atoms with Crippen LogP contribution in [-0.4, -0.2) is 43.7 Å². The summed E-state index contributed by atoms with van der Waals surface area (Å²) in [5.41, 5.74) is 5.51. The summed E-state index contributed by atoms with van der Waals surface area (Å²) in [5.74, 6) is 0.548. The van der Waals surface area contributed by atoms with Gasteiger partial charge in [0.25, 0.3) is 0 Å². The van der Waals surface area contributed by atoms with E-state index in [0.717, 1.165) is 26.1 Å². The molecule has 0 aromatic carbocycles. The van der Waals surface area contributed by atoms with Gasteiger partial charge in [-0.05, 0) is 13.3 Å². The van der Waals surface area contributed by atoms with Crippen molar-refractivity contribution in [1.82, 2.24) is 4.90 Å². The highest BCUT2D eigenvalue weighted by atomic mass is 16.5. The lowest BCUT2D eigenvalue weighted by Crippen LogP contribution is -2.40. The van der Waals surface area contributed by atoms with Crippen molar-refractivity contribution in [2.45, 2.75) is 19.4 Å². The van der Waals surface area contributed by atoms with E-state index < -0.39 is 0 Å². The van der Waals surface area contributed by atoms with Crippen LogP contribution in [0.2, 0.25) is 0 Å². The first-order chi connectivity index (χ1) is 6.15. The van der Waals surface area contributed by atoms with Gasteiger partial charge in [0.2, 0.25) is 5.91 Å². The first-order valence-corrected chi connectivity index (χ1v) is 4.68. The summed E-state index contributed by atoms with van der Waals surface area (Å²) in [6.45, 7) is 4.09. The van der Waals surface area contributed by atoms with Gasteiger partial charge in [0, 0.05) is 26.1 Å². The predicted molar refractivity (Wildman–Crippen MR) is 50.2 cm³/mol. The molecule has 2 atom stereocenters. The Kier molecular flexibility index (Phi) is 3.69. The van der Waals surface area contributed by atoms with E-state index in [0.29, 0.717) is 5.92 Å². The predicted octanol–water partition coefficient (Wildman–Crippen LogP) is -0.171. The molecule has 0 bridgehead atoms. The molecule has 1 heterocycles. The second-order valence-corrected chi connectivity index (χ2v) is 3.68. The van der Waals surface area contributed by atoms with Crippen molar-refractivity contribution in [1.29, 1.82) is 0 Å². The number of hydrogen-bond donors (Lipinski definition) is 1. The average Bonchev–Trinajstić information content (AvgIpc) is 2.52. The van der Waals surface area contributed by atoms with Crippen molar-refractivity contribution in [2.75, 3.05) is 26.8 Å². The minimum Gasteiger partial charge on any atom is -0.384 e. The maximum Gasteiger partial charge on any atom is 0.239 e. The van der Waals surface area contributed by atoms with Crippen LogP contribution in [-0.2, 0) is 9.53 Å². The fourth-order valence-corrected chi connectivity index (χ4v) is 1.69. The molecule has 0 spiro atoms. The van der Waals surface area contributed by atoms with Crippen LogP contribution < -0.4 is 5.73 Å². The quantitative estimate of drug-likeness (QED) is 0.665. The van der Waals surface area contributed by atoms with Gasteiger partial charge in [-0.1, -0.05) is 0 Å². The van der Waals surface area contributed by atoms with E-state index in [1.54, 1.807) is 14.0 Å². The maximum absolute atomic E-state index is 11.5. The van der Waals surface area contributed by atoms with Crippen molar-refractivity contribution < 1.29 is 9.53 Å². The van der Waals surface area contributed by atoms with Gasteiger partial charge in [-0.2, -0.15) is 0 Å². The van der Waals surface area contributed by atoms with E-state index in [1.165, 1.54) is 0 Å². The van der Waals surface area contributed by atoms with Crippen LogP contribution in [0, 0.1) is 5.92 Å². The van der Waals surface area contributed by atoms with E-state index in [1.807, 2.05) is 4.90 Å². The molecule has 0 unspecified atom stereocenters. The Balaban J connectivity index is 2.36. The Hall–Kier alpha value is -0.610. The zero-order valence-corrected chi connectivity index (χ0v) is 8.32. The summed E-state index contributed by atoms with van der Waals surface area (Å²) in [6.07, 6.45) is 1.03. The molecular weight excluding hydrogens is 168 g/mol. The number of amides is 1. The van der Waals surface area contributed by atoms with Crippen LogP contribution >= 0.6 is 0 Å². The van der Waals surface area contributed by atoms with Gasteiger partial charge in [0.05, 0.1) is 12.6 Å². The fourth-order valence-electron chi connectivity index (χ4n) is 1.69. The lowest BCUT2D eigenvalue weighted by molar-refractivity contribution is -0.131. The lowest BCUT2D eigenvalue weighted by atomic mass is 10.1. The highest BCUT2D eigenvalue weighted by Crippen LogP contribution is 2.16. The maximum atomic E-state index is 11.5. The molecule has 2 N–H and O–H groups in total. The van der Waals surface area contributed by atoms with Gasteiger partial charge in [0.1, 0.15) is 0 Å². The van der Waals surface area contributed by atoms with Crippen molar-refractivity contribution in [3.05, 3.63) is 0 Å². The monoisotopic (exact) mass is 186 g/mol. The molecule has 76 valence electrons. The van der Waals surface area contributed by atoms with Gasteiger partial charge in [-0.3, -0.25) is 4.79 Å². The number of likely N-dealkylation sites (tertiary alicyclic amines) is 1. The molecule has 1 fully saturated rings. The van der Waals surface area contributed by atoms with Gasteiger partial charge in [0.15, 0.2) is 0 Å². The van der Waals surface area contributed by atoms with Crippen molar-refractivity contribution in [3.8, 4) is 0 Å². The molecule has 1 amide bonds. The highest BCUT2D eigenvalue weighted by Gasteiger charge is 2.27. The molecule has 1 aliphatic rings. The summed E-state index contributed by atoms with van der Waals surface area (Å²) < 4.78 is 5.05. The number of carbonyl (C=O) groups is 1. The zero-order chi connectivity index (χ0) is 9.84.